The standard InChI is InChI=1S/C13H23N3O4/c1-4-10-11(14)12(16(2)15-10)13(17)20-9-8-19-7-5-6-18-3/h4-9,14H2,1-3H3. The zero-order chi connectivity index (χ0) is 15.0. The van der Waals surface area contributed by atoms with Crippen molar-refractivity contribution < 1.29 is 19.0 Å². The molecule has 0 aliphatic heterocycles. The normalized spacial score (nSPS) is 10.8. The van der Waals surface area contributed by atoms with Crippen molar-refractivity contribution in [2.45, 2.75) is 19.8 Å². The van der Waals surface area contributed by atoms with Gasteiger partial charge >= 0.3 is 5.97 Å². The Morgan fingerprint density at radius 3 is 2.65 bits per heavy atom. The average Bonchev–Trinajstić information content (AvgIpc) is 2.72. The van der Waals surface area contributed by atoms with Crippen LogP contribution in [0.15, 0.2) is 0 Å². The lowest BCUT2D eigenvalue weighted by Crippen LogP contribution is -2.16. The van der Waals surface area contributed by atoms with E-state index in [1.54, 1.807) is 14.2 Å². The van der Waals surface area contributed by atoms with E-state index in [0.29, 0.717) is 43.3 Å². The van der Waals surface area contributed by atoms with E-state index < -0.39 is 5.97 Å². The molecule has 114 valence electrons. The topological polar surface area (TPSA) is 88.6 Å². The van der Waals surface area contributed by atoms with E-state index in [1.165, 1.54) is 4.68 Å². The first-order chi connectivity index (χ1) is 9.61. The zero-order valence-corrected chi connectivity index (χ0v) is 12.3. The van der Waals surface area contributed by atoms with E-state index >= 15 is 0 Å². The molecule has 1 heterocycles. The minimum atomic E-state index is -0.474. The number of nitrogens with zero attached hydrogens (tertiary/aromatic N) is 2. The van der Waals surface area contributed by atoms with E-state index in [-0.39, 0.29) is 6.61 Å². The summed E-state index contributed by atoms with van der Waals surface area (Å²) in [6.45, 7) is 3.72. The van der Waals surface area contributed by atoms with Crippen molar-refractivity contribution in [3.8, 4) is 0 Å². The number of anilines is 1. The first-order valence-corrected chi connectivity index (χ1v) is 6.66. The van der Waals surface area contributed by atoms with Gasteiger partial charge in [-0.1, -0.05) is 6.92 Å². The van der Waals surface area contributed by atoms with E-state index in [0.717, 1.165) is 6.42 Å². The third-order valence-corrected chi connectivity index (χ3v) is 2.79. The van der Waals surface area contributed by atoms with Crippen LogP contribution in [-0.4, -0.2) is 49.3 Å². The summed E-state index contributed by atoms with van der Waals surface area (Å²) >= 11 is 0. The summed E-state index contributed by atoms with van der Waals surface area (Å²) in [5, 5.41) is 4.17. The van der Waals surface area contributed by atoms with Gasteiger partial charge in [-0.05, 0) is 12.8 Å². The number of methoxy groups -OCH3 is 1. The molecule has 0 atom stereocenters. The highest BCUT2D eigenvalue weighted by Gasteiger charge is 2.20. The Labute approximate surface area is 119 Å². The molecule has 0 saturated carbocycles. The van der Waals surface area contributed by atoms with Crippen molar-refractivity contribution in [3.05, 3.63) is 11.4 Å². The largest absolute Gasteiger partial charge is 0.458 e. The fourth-order valence-corrected chi connectivity index (χ4v) is 1.77. The van der Waals surface area contributed by atoms with Gasteiger partial charge in [0.05, 0.1) is 18.0 Å². The first kappa shape index (κ1) is 16.5. The number of nitrogen functional groups attached to an aromatic ring is 1. The number of hydrogen-bond acceptors (Lipinski definition) is 6. The van der Waals surface area contributed by atoms with Gasteiger partial charge in [0.25, 0.3) is 0 Å². The smallest absolute Gasteiger partial charge is 0.358 e. The molecule has 0 amide bonds. The molecule has 1 aromatic heterocycles. The molecule has 0 fully saturated rings. The highest BCUT2D eigenvalue weighted by atomic mass is 16.6. The molecule has 7 heteroatoms. The molecule has 0 unspecified atom stereocenters. The van der Waals surface area contributed by atoms with E-state index in [4.69, 9.17) is 19.9 Å². The van der Waals surface area contributed by atoms with Crippen LogP contribution in [0.1, 0.15) is 29.5 Å². The number of hydrogen-bond donors (Lipinski definition) is 1. The zero-order valence-electron chi connectivity index (χ0n) is 12.3. The molecule has 0 aromatic carbocycles. The Morgan fingerprint density at radius 2 is 2.05 bits per heavy atom. The summed E-state index contributed by atoms with van der Waals surface area (Å²) in [6, 6.07) is 0. The number of aromatic nitrogens is 2. The Kier molecular flexibility index (Phi) is 7.03. The molecule has 0 aliphatic carbocycles. The Morgan fingerprint density at radius 1 is 1.30 bits per heavy atom. The molecule has 0 aliphatic rings. The third-order valence-electron chi connectivity index (χ3n) is 2.79. The molecule has 0 saturated heterocycles. The number of nitrogens with two attached hydrogens (primary N) is 1. The lowest BCUT2D eigenvalue weighted by Gasteiger charge is -2.06. The SMILES string of the molecule is CCc1nn(C)c(C(=O)OCCOCCCOC)c1N. The van der Waals surface area contributed by atoms with Crippen LogP contribution in [-0.2, 0) is 27.7 Å². The van der Waals surface area contributed by atoms with Gasteiger partial charge in [0.1, 0.15) is 6.61 Å². The number of carbonyl (C=O) groups is 1. The van der Waals surface area contributed by atoms with Gasteiger partial charge in [-0.3, -0.25) is 4.68 Å². The third kappa shape index (κ3) is 4.50. The molecule has 7 nitrogen and oxygen atoms in total. The average molecular weight is 285 g/mol. The van der Waals surface area contributed by atoms with Crippen molar-refractivity contribution in [1.29, 1.82) is 0 Å². The lowest BCUT2D eigenvalue weighted by molar-refractivity contribution is 0.0279. The molecule has 0 radical (unpaired) electrons. The monoisotopic (exact) mass is 285 g/mol. The molecule has 20 heavy (non-hydrogen) atoms. The molecule has 0 bridgehead atoms. The van der Waals surface area contributed by atoms with Crippen LogP contribution in [0, 0.1) is 0 Å². The summed E-state index contributed by atoms with van der Waals surface area (Å²) in [4.78, 5) is 11.9. The van der Waals surface area contributed by atoms with E-state index in [9.17, 15) is 4.79 Å². The number of esters is 1. The van der Waals surface area contributed by atoms with Crippen LogP contribution in [0.5, 0.6) is 0 Å². The Balaban J connectivity index is 2.35. The van der Waals surface area contributed by atoms with Crippen molar-refractivity contribution in [1.82, 2.24) is 9.78 Å². The quantitative estimate of drug-likeness (QED) is 0.532. The number of carbonyl (C=O) groups excluding carboxylic acids is 1. The Hall–Kier alpha value is -1.60. The second kappa shape index (κ2) is 8.55. The summed E-state index contributed by atoms with van der Waals surface area (Å²) in [6.07, 6.45) is 1.49. The van der Waals surface area contributed by atoms with Crippen molar-refractivity contribution in [2.24, 2.45) is 7.05 Å². The fraction of sp³-hybridized carbons (Fsp3) is 0.692. The van der Waals surface area contributed by atoms with Crippen LogP contribution in [0.4, 0.5) is 5.69 Å². The van der Waals surface area contributed by atoms with E-state index in [1.807, 2.05) is 6.92 Å². The molecule has 1 aromatic rings. The van der Waals surface area contributed by atoms with Gasteiger partial charge in [0.2, 0.25) is 0 Å². The fourth-order valence-electron chi connectivity index (χ4n) is 1.77. The lowest BCUT2D eigenvalue weighted by atomic mass is 10.2. The maximum atomic E-state index is 11.9. The maximum absolute atomic E-state index is 11.9. The van der Waals surface area contributed by atoms with Crippen LogP contribution in [0.25, 0.3) is 0 Å². The molecule has 2 N–H and O–H groups in total. The van der Waals surface area contributed by atoms with Crippen LogP contribution in [0.2, 0.25) is 0 Å². The Bertz CT molecular complexity index is 431. The predicted molar refractivity (Wildman–Crippen MR) is 74.6 cm³/mol. The molecule has 1 rings (SSSR count). The van der Waals surface area contributed by atoms with Crippen molar-refractivity contribution in [2.75, 3.05) is 39.3 Å². The summed E-state index contributed by atoms with van der Waals surface area (Å²) in [5.41, 5.74) is 7.26. The van der Waals surface area contributed by atoms with Gasteiger partial charge in [-0.15, -0.1) is 0 Å². The summed E-state index contributed by atoms with van der Waals surface area (Å²) in [5.74, 6) is -0.474. The highest BCUT2D eigenvalue weighted by Crippen LogP contribution is 2.17. The molecular weight excluding hydrogens is 262 g/mol. The number of ether oxygens (including phenoxy) is 3. The first-order valence-electron chi connectivity index (χ1n) is 6.66. The summed E-state index contributed by atoms with van der Waals surface area (Å²) in [7, 11) is 3.32. The van der Waals surface area contributed by atoms with Gasteiger partial charge in [-0.25, -0.2) is 4.79 Å². The van der Waals surface area contributed by atoms with Crippen LogP contribution < -0.4 is 5.73 Å². The van der Waals surface area contributed by atoms with Crippen LogP contribution >= 0.6 is 0 Å². The van der Waals surface area contributed by atoms with Crippen molar-refractivity contribution in [3.63, 3.8) is 0 Å². The number of rotatable bonds is 9. The van der Waals surface area contributed by atoms with Gasteiger partial charge in [0.15, 0.2) is 5.69 Å². The maximum Gasteiger partial charge on any atom is 0.358 e. The van der Waals surface area contributed by atoms with Crippen molar-refractivity contribution >= 4 is 11.7 Å². The second-order valence-corrected chi connectivity index (χ2v) is 4.28. The van der Waals surface area contributed by atoms with Gasteiger partial charge in [0, 0.05) is 27.4 Å². The second-order valence-electron chi connectivity index (χ2n) is 4.28. The number of aryl methyl sites for hydroxylation is 2. The van der Waals surface area contributed by atoms with Gasteiger partial charge < -0.3 is 19.9 Å². The minimum Gasteiger partial charge on any atom is -0.458 e. The highest BCUT2D eigenvalue weighted by molar-refractivity contribution is 5.93. The van der Waals surface area contributed by atoms with E-state index in [2.05, 4.69) is 5.10 Å². The molecule has 0 spiro atoms. The minimum absolute atomic E-state index is 0.192. The summed E-state index contributed by atoms with van der Waals surface area (Å²) < 4.78 is 16.8. The van der Waals surface area contributed by atoms with Gasteiger partial charge in [-0.2, -0.15) is 5.10 Å². The predicted octanol–water partition coefficient (Wildman–Crippen LogP) is 0.775. The van der Waals surface area contributed by atoms with Crippen LogP contribution in [0.3, 0.4) is 0 Å². The molecular formula is C13H23N3O4.